The lowest BCUT2D eigenvalue weighted by atomic mass is 9.82. The highest BCUT2D eigenvalue weighted by molar-refractivity contribution is 5.92. The van der Waals surface area contributed by atoms with Crippen molar-refractivity contribution in [2.75, 3.05) is 13.1 Å². The first-order valence-corrected chi connectivity index (χ1v) is 10.4. The second-order valence-electron chi connectivity index (χ2n) is 8.40. The Labute approximate surface area is 175 Å². The number of likely N-dealkylation sites (tertiary alicyclic amines) is 1. The van der Waals surface area contributed by atoms with Crippen LogP contribution >= 0.6 is 0 Å². The number of pyridine rings is 1. The van der Waals surface area contributed by atoms with E-state index in [2.05, 4.69) is 23.2 Å². The lowest BCUT2D eigenvalue weighted by molar-refractivity contribution is -0.00471. The molecule has 0 aliphatic carbocycles. The maximum atomic E-state index is 11.4. The van der Waals surface area contributed by atoms with Crippen molar-refractivity contribution in [3.63, 3.8) is 0 Å². The highest BCUT2D eigenvalue weighted by atomic mass is 16.5. The van der Waals surface area contributed by atoms with E-state index in [-0.39, 0.29) is 17.4 Å². The van der Waals surface area contributed by atoms with E-state index >= 15 is 0 Å². The van der Waals surface area contributed by atoms with Crippen LogP contribution in [-0.4, -0.2) is 39.7 Å². The third-order valence-corrected chi connectivity index (χ3v) is 6.68. The summed E-state index contributed by atoms with van der Waals surface area (Å²) in [5.74, 6) is 1.19. The van der Waals surface area contributed by atoms with Crippen LogP contribution in [0.1, 0.15) is 30.4 Å². The molecule has 154 valence electrons. The standard InChI is InChI=1S/C24H25N3O3/c1-15-18(3-4-19-20(28)7-11-26-22(15)19)16-2-5-21-17(14-16)6-8-24(30-21)9-12-27(13-10-24)23(25)29/h2-5,7,11,14H,6,8-10,12-13H2,1H3,(H2,25,29)(H,26,28). The number of amides is 2. The van der Waals surface area contributed by atoms with Crippen LogP contribution in [0.3, 0.4) is 0 Å². The Balaban J connectivity index is 1.44. The molecule has 1 aromatic heterocycles. The molecule has 0 saturated carbocycles. The van der Waals surface area contributed by atoms with Crippen LogP contribution in [-0.2, 0) is 6.42 Å². The minimum absolute atomic E-state index is 0.194. The number of hydrogen-bond donors (Lipinski definition) is 2. The first kappa shape index (κ1) is 18.7. The zero-order valence-corrected chi connectivity index (χ0v) is 17.0. The van der Waals surface area contributed by atoms with Crippen LogP contribution in [0.5, 0.6) is 11.5 Å². The van der Waals surface area contributed by atoms with Crippen LogP contribution in [0.4, 0.5) is 4.79 Å². The number of aromatic nitrogens is 1. The van der Waals surface area contributed by atoms with Gasteiger partial charge in [-0.3, -0.25) is 4.98 Å². The molecule has 30 heavy (non-hydrogen) atoms. The second-order valence-corrected chi connectivity index (χ2v) is 8.40. The molecule has 2 aliphatic heterocycles. The number of nitrogens with two attached hydrogens (primary N) is 1. The van der Waals surface area contributed by atoms with Crippen molar-refractivity contribution in [2.24, 2.45) is 5.73 Å². The van der Waals surface area contributed by atoms with Gasteiger partial charge in [0, 0.05) is 37.5 Å². The first-order chi connectivity index (χ1) is 14.5. The van der Waals surface area contributed by atoms with Gasteiger partial charge in [-0.1, -0.05) is 12.1 Å². The molecule has 6 heteroatoms. The van der Waals surface area contributed by atoms with Crippen LogP contribution in [0, 0.1) is 6.92 Å². The minimum atomic E-state index is -0.348. The average molecular weight is 403 g/mol. The molecule has 1 spiro atoms. The highest BCUT2D eigenvalue weighted by Crippen LogP contribution is 2.41. The predicted molar refractivity (Wildman–Crippen MR) is 116 cm³/mol. The van der Waals surface area contributed by atoms with Crippen LogP contribution < -0.4 is 10.5 Å². The number of hydrogen-bond acceptors (Lipinski definition) is 4. The molecule has 6 nitrogen and oxygen atoms in total. The summed E-state index contributed by atoms with van der Waals surface area (Å²) < 4.78 is 6.47. The van der Waals surface area contributed by atoms with E-state index in [9.17, 15) is 9.90 Å². The Morgan fingerprint density at radius 1 is 1.17 bits per heavy atom. The zero-order chi connectivity index (χ0) is 20.9. The van der Waals surface area contributed by atoms with Crippen LogP contribution in [0.2, 0.25) is 0 Å². The molecular formula is C24H25N3O3. The van der Waals surface area contributed by atoms with Gasteiger partial charge in [0.1, 0.15) is 17.1 Å². The molecule has 0 atom stereocenters. The molecule has 1 fully saturated rings. The van der Waals surface area contributed by atoms with Gasteiger partial charge in [-0.25, -0.2) is 4.79 Å². The van der Waals surface area contributed by atoms with Gasteiger partial charge >= 0.3 is 6.03 Å². The fraction of sp³-hybridized carbons (Fsp3) is 0.333. The van der Waals surface area contributed by atoms with Crippen molar-refractivity contribution >= 4 is 16.9 Å². The van der Waals surface area contributed by atoms with Crippen molar-refractivity contribution in [3.8, 4) is 22.6 Å². The van der Waals surface area contributed by atoms with Gasteiger partial charge in [0.25, 0.3) is 0 Å². The Morgan fingerprint density at radius 2 is 1.97 bits per heavy atom. The van der Waals surface area contributed by atoms with Gasteiger partial charge in [-0.05, 0) is 66.3 Å². The number of aryl methyl sites for hydroxylation is 2. The predicted octanol–water partition coefficient (Wildman–Crippen LogP) is 4.15. The quantitative estimate of drug-likeness (QED) is 0.639. The maximum absolute atomic E-state index is 11.4. The summed E-state index contributed by atoms with van der Waals surface area (Å²) >= 11 is 0. The zero-order valence-electron chi connectivity index (χ0n) is 17.0. The number of ether oxygens (including phenoxy) is 1. The average Bonchev–Trinajstić information content (AvgIpc) is 2.75. The molecule has 0 bridgehead atoms. The molecule has 0 radical (unpaired) electrons. The molecule has 0 unspecified atom stereocenters. The number of primary amides is 1. The van der Waals surface area contributed by atoms with Crippen molar-refractivity contribution < 1.29 is 14.6 Å². The number of nitrogens with zero attached hydrogens (tertiary/aromatic N) is 2. The molecule has 5 rings (SSSR count). The smallest absolute Gasteiger partial charge is 0.314 e. The van der Waals surface area contributed by atoms with Crippen LogP contribution in [0.25, 0.3) is 22.0 Å². The molecule has 1 saturated heterocycles. The summed E-state index contributed by atoms with van der Waals surface area (Å²) in [7, 11) is 0. The van der Waals surface area contributed by atoms with E-state index in [1.165, 1.54) is 5.56 Å². The van der Waals surface area contributed by atoms with Gasteiger partial charge in [-0.2, -0.15) is 0 Å². The van der Waals surface area contributed by atoms with Gasteiger partial charge in [0.15, 0.2) is 0 Å². The normalized spacial score (nSPS) is 17.6. The van der Waals surface area contributed by atoms with E-state index < -0.39 is 0 Å². The molecule has 2 aromatic carbocycles. The monoisotopic (exact) mass is 403 g/mol. The molecule has 3 heterocycles. The topological polar surface area (TPSA) is 88.7 Å². The van der Waals surface area contributed by atoms with Crippen molar-refractivity contribution in [1.82, 2.24) is 9.88 Å². The highest BCUT2D eigenvalue weighted by Gasteiger charge is 2.40. The summed E-state index contributed by atoms with van der Waals surface area (Å²) in [5, 5.41) is 10.9. The minimum Gasteiger partial charge on any atom is -0.507 e. The Kier molecular flexibility index (Phi) is 4.31. The van der Waals surface area contributed by atoms with Crippen molar-refractivity contribution in [3.05, 3.63) is 53.7 Å². The number of fused-ring (bicyclic) bond motifs is 2. The van der Waals surface area contributed by atoms with Gasteiger partial charge < -0.3 is 20.5 Å². The van der Waals surface area contributed by atoms with E-state index in [1.807, 2.05) is 19.1 Å². The maximum Gasteiger partial charge on any atom is 0.314 e. The SMILES string of the molecule is Cc1c(-c2ccc3c(c2)CCC2(CCN(C(N)=O)CC2)O3)ccc2c(O)ccnc12. The summed E-state index contributed by atoms with van der Waals surface area (Å²) in [6.07, 6.45) is 5.16. The molecular weight excluding hydrogens is 378 g/mol. The molecule has 2 amide bonds. The first-order valence-electron chi connectivity index (χ1n) is 10.4. The second kappa shape index (κ2) is 6.90. The fourth-order valence-corrected chi connectivity index (χ4v) is 4.83. The largest absolute Gasteiger partial charge is 0.507 e. The number of benzene rings is 2. The summed E-state index contributed by atoms with van der Waals surface area (Å²) in [6, 6.07) is 11.6. The molecule has 3 aromatic rings. The number of aromatic hydroxyl groups is 1. The lowest BCUT2D eigenvalue weighted by Gasteiger charge is -2.44. The number of urea groups is 1. The van der Waals surface area contributed by atoms with Gasteiger partial charge in [0.2, 0.25) is 0 Å². The van der Waals surface area contributed by atoms with Crippen LogP contribution in [0.15, 0.2) is 42.6 Å². The van der Waals surface area contributed by atoms with Gasteiger partial charge in [0.05, 0.1) is 5.52 Å². The Hall–Kier alpha value is -3.28. The van der Waals surface area contributed by atoms with Crippen molar-refractivity contribution in [1.29, 1.82) is 0 Å². The third-order valence-electron chi connectivity index (χ3n) is 6.68. The number of carbonyl (C=O) groups excluding carboxylic acids is 1. The van der Waals surface area contributed by atoms with E-state index in [4.69, 9.17) is 10.5 Å². The third kappa shape index (κ3) is 3.03. The summed E-state index contributed by atoms with van der Waals surface area (Å²) in [6.45, 7) is 3.35. The fourth-order valence-electron chi connectivity index (χ4n) is 4.83. The Morgan fingerprint density at radius 3 is 2.73 bits per heavy atom. The molecule has 2 aliphatic rings. The van der Waals surface area contributed by atoms with Gasteiger partial charge in [-0.15, -0.1) is 0 Å². The van der Waals surface area contributed by atoms with E-state index in [0.29, 0.717) is 13.1 Å². The summed E-state index contributed by atoms with van der Waals surface area (Å²) in [4.78, 5) is 17.6. The lowest BCUT2D eigenvalue weighted by Crippen LogP contribution is -2.52. The Bertz CT molecular complexity index is 1150. The van der Waals surface area contributed by atoms with E-state index in [1.54, 1.807) is 17.2 Å². The number of carbonyl (C=O) groups is 1. The van der Waals surface area contributed by atoms with E-state index in [0.717, 1.165) is 59.0 Å². The van der Waals surface area contributed by atoms with Crippen molar-refractivity contribution in [2.45, 2.75) is 38.2 Å². The number of rotatable bonds is 1. The summed E-state index contributed by atoms with van der Waals surface area (Å²) in [5.41, 5.74) is 10.5. The molecule has 3 N–H and O–H groups in total. The number of piperidine rings is 1.